The maximum atomic E-state index is 9.23. The topological polar surface area (TPSA) is 36.4 Å². The van der Waals surface area contributed by atoms with Crippen molar-refractivity contribution in [3.63, 3.8) is 0 Å². The van der Waals surface area contributed by atoms with Crippen molar-refractivity contribution >= 4 is 16.5 Å². The molecule has 0 spiro atoms. The van der Waals surface area contributed by atoms with Gasteiger partial charge in [0, 0.05) is 24.7 Å². The Morgan fingerprint density at radius 3 is 3.18 bits per heavy atom. The van der Waals surface area contributed by atoms with Gasteiger partial charge >= 0.3 is 0 Å². The van der Waals surface area contributed by atoms with Crippen LogP contribution in [0, 0.1) is 0 Å². The van der Waals surface area contributed by atoms with Crippen LogP contribution in [0.3, 0.4) is 0 Å². The van der Waals surface area contributed by atoms with Crippen LogP contribution in [0.2, 0.25) is 0 Å². The van der Waals surface area contributed by atoms with E-state index in [-0.39, 0.29) is 6.10 Å². The van der Waals surface area contributed by atoms with Crippen molar-refractivity contribution in [1.82, 2.24) is 4.98 Å². The van der Waals surface area contributed by atoms with E-state index in [9.17, 15) is 5.11 Å². The summed E-state index contributed by atoms with van der Waals surface area (Å²) in [6.07, 6.45) is 2.52. The lowest BCUT2D eigenvalue weighted by Crippen LogP contribution is -2.20. The largest absolute Gasteiger partial charge is 0.391 e. The first-order chi connectivity index (χ1) is 5.36. The highest BCUT2D eigenvalue weighted by Gasteiger charge is 2.21. The maximum absolute atomic E-state index is 9.23. The van der Waals surface area contributed by atoms with Crippen LogP contribution in [-0.2, 0) is 0 Å². The molecule has 1 atom stereocenters. The molecule has 0 aromatic carbocycles. The third kappa shape index (κ3) is 1.36. The molecule has 1 saturated heterocycles. The van der Waals surface area contributed by atoms with Crippen LogP contribution < -0.4 is 4.90 Å². The summed E-state index contributed by atoms with van der Waals surface area (Å²) < 4.78 is 0. The lowest BCUT2D eigenvalue weighted by molar-refractivity contribution is 0.198. The Hall–Kier alpha value is -0.610. The Bertz CT molecular complexity index is 224. The molecule has 1 aromatic rings. The van der Waals surface area contributed by atoms with Gasteiger partial charge in [-0.15, -0.1) is 11.3 Å². The molecule has 60 valence electrons. The van der Waals surface area contributed by atoms with E-state index in [0.717, 1.165) is 24.6 Å². The fourth-order valence-corrected chi connectivity index (χ4v) is 1.97. The van der Waals surface area contributed by atoms with Gasteiger partial charge in [0.2, 0.25) is 0 Å². The molecule has 1 N–H and O–H groups in total. The normalized spacial score (nSPS) is 24.5. The minimum Gasteiger partial charge on any atom is -0.391 e. The zero-order valence-electron chi connectivity index (χ0n) is 6.10. The first-order valence-electron chi connectivity index (χ1n) is 3.69. The van der Waals surface area contributed by atoms with Crippen LogP contribution in [0.15, 0.2) is 11.6 Å². The van der Waals surface area contributed by atoms with E-state index < -0.39 is 0 Å². The summed E-state index contributed by atoms with van der Waals surface area (Å²) in [5.41, 5.74) is 0. The summed E-state index contributed by atoms with van der Waals surface area (Å²) in [5.74, 6) is 0. The van der Waals surface area contributed by atoms with Gasteiger partial charge in [0.15, 0.2) is 5.13 Å². The molecule has 0 radical (unpaired) electrons. The molecular formula is C7H10N2OS. The van der Waals surface area contributed by atoms with E-state index in [1.807, 2.05) is 5.38 Å². The molecule has 0 aliphatic carbocycles. The van der Waals surface area contributed by atoms with E-state index >= 15 is 0 Å². The third-order valence-corrected chi connectivity index (χ3v) is 2.69. The second-order valence-corrected chi connectivity index (χ2v) is 3.58. The Kier molecular flexibility index (Phi) is 1.79. The SMILES string of the molecule is OC1CCN(c2nccs2)C1. The molecule has 11 heavy (non-hydrogen) atoms. The highest BCUT2D eigenvalue weighted by molar-refractivity contribution is 7.13. The van der Waals surface area contributed by atoms with Gasteiger partial charge in [0.25, 0.3) is 0 Å². The average Bonchev–Trinajstić information content (AvgIpc) is 2.55. The second kappa shape index (κ2) is 2.79. The summed E-state index contributed by atoms with van der Waals surface area (Å²) in [5, 5.41) is 12.2. The molecule has 1 aromatic heterocycles. The molecular weight excluding hydrogens is 160 g/mol. The number of rotatable bonds is 1. The van der Waals surface area contributed by atoms with E-state index in [1.165, 1.54) is 0 Å². The molecule has 1 aliphatic heterocycles. The highest BCUT2D eigenvalue weighted by Crippen LogP contribution is 2.21. The summed E-state index contributed by atoms with van der Waals surface area (Å²) in [6.45, 7) is 1.68. The predicted octanol–water partition coefficient (Wildman–Crippen LogP) is 0.714. The number of β-amino-alcohol motifs (C(OH)–C–C–N with tert-alkyl or cyclic N) is 1. The fourth-order valence-electron chi connectivity index (χ4n) is 1.29. The van der Waals surface area contributed by atoms with Crippen LogP contribution >= 0.6 is 11.3 Å². The molecule has 1 fully saturated rings. The monoisotopic (exact) mass is 170 g/mol. The van der Waals surface area contributed by atoms with Crippen molar-refractivity contribution in [2.75, 3.05) is 18.0 Å². The zero-order valence-corrected chi connectivity index (χ0v) is 6.92. The molecule has 2 rings (SSSR count). The first kappa shape index (κ1) is 7.06. The summed E-state index contributed by atoms with van der Waals surface area (Å²) in [7, 11) is 0. The Morgan fingerprint density at radius 2 is 2.64 bits per heavy atom. The third-order valence-electron chi connectivity index (χ3n) is 1.85. The molecule has 1 unspecified atom stereocenters. The van der Waals surface area contributed by atoms with Crippen molar-refractivity contribution in [1.29, 1.82) is 0 Å². The van der Waals surface area contributed by atoms with Crippen LogP contribution in [0.1, 0.15) is 6.42 Å². The lowest BCUT2D eigenvalue weighted by Gasteiger charge is -2.12. The van der Waals surface area contributed by atoms with Crippen molar-refractivity contribution < 1.29 is 5.11 Å². The number of nitrogens with zero attached hydrogens (tertiary/aromatic N) is 2. The van der Waals surface area contributed by atoms with Gasteiger partial charge in [-0.25, -0.2) is 4.98 Å². The maximum Gasteiger partial charge on any atom is 0.185 e. The van der Waals surface area contributed by atoms with Gasteiger partial charge < -0.3 is 10.0 Å². The van der Waals surface area contributed by atoms with Gasteiger partial charge in [-0.3, -0.25) is 0 Å². The molecule has 0 amide bonds. The number of aromatic nitrogens is 1. The standard InChI is InChI=1S/C7H10N2OS/c10-6-1-3-9(5-6)7-8-2-4-11-7/h2,4,6,10H,1,3,5H2. The van der Waals surface area contributed by atoms with Crippen molar-refractivity contribution in [2.45, 2.75) is 12.5 Å². The smallest absolute Gasteiger partial charge is 0.185 e. The van der Waals surface area contributed by atoms with Crippen LogP contribution in [0.4, 0.5) is 5.13 Å². The summed E-state index contributed by atoms with van der Waals surface area (Å²) in [6, 6.07) is 0. The highest BCUT2D eigenvalue weighted by atomic mass is 32.1. The Morgan fingerprint density at radius 1 is 1.73 bits per heavy atom. The minimum absolute atomic E-state index is 0.154. The number of hydrogen-bond acceptors (Lipinski definition) is 4. The summed E-state index contributed by atoms with van der Waals surface area (Å²) in [4.78, 5) is 6.29. The summed E-state index contributed by atoms with van der Waals surface area (Å²) >= 11 is 1.63. The van der Waals surface area contributed by atoms with Gasteiger partial charge in [0.05, 0.1) is 6.10 Å². The zero-order chi connectivity index (χ0) is 7.68. The number of aliphatic hydroxyl groups is 1. The van der Waals surface area contributed by atoms with Crippen molar-refractivity contribution in [3.05, 3.63) is 11.6 Å². The molecule has 3 nitrogen and oxygen atoms in total. The van der Waals surface area contributed by atoms with Gasteiger partial charge in [0.1, 0.15) is 0 Å². The molecule has 1 aliphatic rings. The number of hydrogen-bond donors (Lipinski definition) is 1. The van der Waals surface area contributed by atoms with Crippen molar-refractivity contribution in [2.24, 2.45) is 0 Å². The molecule has 0 bridgehead atoms. The Balaban J connectivity index is 2.08. The van der Waals surface area contributed by atoms with Crippen LogP contribution in [0.5, 0.6) is 0 Å². The van der Waals surface area contributed by atoms with Crippen molar-refractivity contribution in [3.8, 4) is 0 Å². The fraction of sp³-hybridized carbons (Fsp3) is 0.571. The van der Waals surface area contributed by atoms with E-state index in [1.54, 1.807) is 17.5 Å². The van der Waals surface area contributed by atoms with E-state index in [2.05, 4.69) is 9.88 Å². The molecule has 0 saturated carbocycles. The van der Waals surface area contributed by atoms with E-state index in [4.69, 9.17) is 0 Å². The molecule has 4 heteroatoms. The van der Waals surface area contributed by atoms with E-state index in [0.29, 0.717) is 0 Å². The second-order valence-electron chi connectivity index (χ2n) is 2.70. The number of thiazole rings is 1. The minimum atomic E-state index is -0.154. The van der Waals surface area contributed by atoms with Gasteiger partial charge in [-0.05, 0) is 6.42 Å². The van der Waals surface area contributed by atoms with Crippen LogP contribution in [-0.4, -0.2) is 29.3 Å². The number of anilines is 1. The van der Waals surface area contributed by atoms with Crippen LogP contribution in [0.25, 0.3) is 0 Å². The lowest BCUT2D eigenvalue weighted by atomic mass is 10.3. The Labute approximate surface area is 69.3 Å². The quantitative estimate of drug-likeness (QED) is 0.674. The average molecular weight is 170 g/mol. The first-order valence-corrected chi connectivity index (χ1v) is 4.57. The van der Waals surface area contributed by atoms with Gasteiger partial charge in [-0.1, -0.05) is 0 Å². The predicted molar refractivity (Wildman–Crippen MR) is 45.0 cm³/mol. The molecule has 2 heterocycles. The van der Waals surface area contributed by atoms with Gasteiger partial charge in [-0.2, -0.15) is 0 Å². The number of aliphatic hydroxyl groups excluding tert-OH is 1.